The van der Waals surface area contributed by atoms with Crippen LogP contribution in [0.5, 0.6) is 0 Å². The molecule has 15 heavy (non-hydrogen) atoms. The fraction of sp³-hybridized carbons (Fsp3) is 1.00. The zero-order valence-electron chi connectivity index (χ0n) is 10.3. The van der Waals surface area contributed by atoms with Gasteiger partial charge in [0.25, 0.3) is 0 Å². The summed E-state index contributed by atoms with van der Waals surface area (Å²) in [6.07, 6.45) is 4.88. The summed E-state index contributed by atoms with van der Waals surface area (Å²) in [6, 6.07) is 1.21. The van der Waals surface area contributed by atoms with Gasteiger partial charge in [-0.25, -0.2) is 0 Å². The average molecular weight is 211 g/mol. The van der Waals surface area contributed by atoms with E-state index in [4.69, 9.17) is 0 Å². The molecule has 0 aromatic carbocycles. The van der Waals surface area contributed by atoms with E-state index in [0.717, 1.165) is 19.0 Å². The van der Waals surface area contributed by atoms with Gasteiger partial charge in [0, 0.05) is 12.1 Å². The number of aliphatic hydroxyl groups excluding tert-OH is 1. The van der Waals surface area contributed by atoms with Gasteiger partial charge in [0.2, 0.25) is 0 Å². The van der Waals surface area contributed by atoms with E-state index < -0.39 is 0 Å². The summed E-state index contributed by atoms with van der Waals surface area (Å²) in [6.45, 7) is 7.92. The first kappa shape index (κ1) is 11.4. The second-order valence-electron chi connectivity index (χ2n) is 5.67. The fourth-order valence-electron chi connectivity index (χ4n) is 3.47. The minimum atomic E-state index is -0.0932. The lowest BCUT2D eigenvalue weighted by Crippen LogP contribution is -2.52. The summed E-state index contributed by atoms with van der Waals surface area (Å²) in [5, 5.41) is 10.2. The lowest BCUT2D eigenvalue weighted by molar-refractivity contribution is -0.0261. The number of rotatable bonds is 3. The zero-order chi connectivity index (χ0) is 11.0. The SMILES string of the molecule is CCN(C1CC1)C1C(C)CC(C)CC1O. The van der Waals surface area contributed by atoms with Crippen molar-refractivity contribution in [3.8, 4) is 0 Å². The van der Waals surface area contributed by atoms with E-state index in [-0.39, 0.29) is 6.10 Å². The third-order valence-electron chi connectivity index (χ3n) is 4.16. The van der Waals surface area contributed by atoms with Gasteiger partial charge >= 0.3 is 0 Å². The predicted octanol–water partition coefficient (Wildman–Crippen LogP) is 2.27. The van der Waals surface area contributed by atoms with Crippen molar-refractivity contribution in [2.75, 3.05) is 6.54 Å². The Bertz CT molecular complexity index is 203. The van der Waals surface area contributed by atoms with Gasteiger partial charge in [-0.05, 0) is 44.1 Å². The molecule has 88 valence electrons. The van der Waals surface area contributed by atoms with Gasteiger partial charge in [0.05, 0.1) is 6.10 Å². The molecular formula is C13H25NO. The highest BCUT2D eigenvalue weighted by atomic mass is 16.3. The molecule has 4 atom stereocenters. The highest BCUT2D eigenvalue weighted by Crippen LogP contribution is 2.37. The van der Waals surface area contributed by atoms with Crippen molar-refractivity contribution in [2.45, 2.75) is 64.6 Å². The summed E-state index contributed by atoms with van der Waals surface area (Å²) in [5.41, 5.74) is 0. The summed E-state index contributed by atoms with van der Waals surface area (Å²) in [5.74, 6) is 1.36. The molecule has 0 aromatic rings. The molecule has 4 unspecified atom stereocenters. The standard InChI is InChI=1S/C13H25NO/c1-4-14(11-5-6-11)13-10(3)7-9(2)8-12(13)15/h9-13,15H,4-8H2,1-3H3. The maximum atomic E-state index is 10.2. The number of nitrogens with zero attached hydrogens (tertiary/aromatic N) is 1. The van der Waals surface area contributed by atoms with Crippen molar-refractivity contribution in [2.24, 2.45) is 11.8 Å². The Morgan fingerprint density at radius 1 is 1.20 bits per heavy atom. The first-order chi connectivity index (χ1) is 7.13. The van der Waals surface area contributed by atoms with E-state index in [1.54, 1.807) is 0 Å². The van der Waals surface area contributed by atoms with Crippen LogP contribution in [0.4, 0.5) is 0 Å². The van der Waals surface area contributed by atoms with E-state index in [1.807, 2.05) is 0 Å². The van der Waals surface area contributed by atoms with Gasteiger partial charge in [-0.15, -0.1) is 0 Å². The number of likely N-dealkylation sites (N-methyl/N-ethyl adjacent to an activating group) is 1. The third kappa shape index (κ3) is 2.36. The zero-order valence-corrected chi connectivity index (χ0v) is 10.3. The quantitative estimate of drug-likeness (QED) is 0.774. The Hall–Kier alpha value is -0.0800. The topological polar surface area (TPSA) is 23.5 Å². The van der Waals surface area contributed by atoms with Crippen LogP contribution in [0.1, 0.15) is 46.5 Å². The van der Waals surface area contributed by atoms with Crippen molar-refractivity contribution in [1.82, 2.24) is 4.90 Å². The van der Waals surface area contributed by atoms with Gasteiger partial charge in [-0.2, -0.15) is 0 Å². The normalized spacial score (nSPS) is 42.2. The van der Waals surface area contributed by atoms with Crippen molar-refractivity contribution in [1.29, 1.82) is 0 Å². The number of aliphatic hydroxyl groups is 1. The predicted molar refractivity (Wildman–Crippen MR) is 62.8 cm³/mol. The van der Waals surface area contributed by atoms with E-state index in [9.17, 15) is 5.11 Å². The van der Waals surface area contributed by atoms with Crippen LogP contribution in [-0.4, -0.2) is 34.7 Å². The largest absolute Gasteiger partial charge is 0.391 e. The highest BCUT2D eigenvalue weighted by molar-refractivity contribution is 4.95. The van der Waals surface area contributed by atoms with Crippen LogP contribution in [0.3, 0.4) is 0 Å². The van der Waals surface area contributed by atoms with Gasteiger partial charge < -0.3 is 5.11 Å². The molecule has 0 amide bonds. The van der Waals surface area contributed by atoms with Crippen LogP contribution in [-0.2, 0) is 0 Å². The Morgan fingerprint density at radius 3 is 2.33 bits per heavy atom. The maximum Gasteiger partial charge on any atom is 0.0700 e. The van der Waals surface area contributed by atoms with Gasteiger partial charge in [-0.3, -0.25) is 4.90 Å². The van der Waals surface area contributed by atoms with Crippen LogP contribution in [0.25, 0.3) is 0 Å². The molecule has 2 aliphatic carbocycles. The van der Waals surface area contributed by atoms with Crippen LogP contribution in [0, 0.1) is 11.8 Å². The van der Waals surface area contributed by atoms with Crippen LogP contribution in [0.15, 0.2) is 0 Å². The molecule has 2 heteroatoms. The van der Waals surface area contributed by atoms with Gasteiger partial charge in [0.1, 0.15) is 0 Å². The number of hydrogen-bond acceptors (Lipinski definition) is 2. The smallest absolute Gasteiger partial charge is 0.0700 e. The summed E-state index contributed by atoms with van der Waals surface area (Å²) in [7, 11) is 0. The molecule has 0 saturated heterocycles. The molecule has 0 heterocycles. The Balaban J connectivity index is 2.04. The average Bonchev–Trinajstić information content (AvgIpc) is 2.94. The molecule has 2 aliphatic rings. The first-order valence-electron chi connectivity index (χ1n) is 6.57. The summed E-state index contributed by atoms with van der Waals surface area (Å²) in [4.78, 5) is 2.56. The lowest BCUT2D eigenvalue weighted by Gasteiger charge is -2.43. The minimum Gasteiger partial charge on any atom is -0.391 e. The second kappa shape index (κ2) is 4.42. The summed E-state index contributed by atoms with van der Waals surface area (Å²) < 4.78 is 0. The fourth-order valence-corrected chi connectivity index (χ4v) is 3.47. The summed E-state index contributed by atoms with van der Waals surface area (Å²) >= 11 is 0. The maximum absolute atomic E-state index is 10.2. The molecule has 0 aliphatic heterocycles. The van der Waals surface area contributed by atoms with Gasteiger partial charge in [-0.1, -0.05) is 20.8 Å². The van der Waals surface area contributed by atoms with E-state index in [2.05, 4.69) is 25.7 Å². The molecule has 2 rings (SSSR count). The Labute approximate surface area is 93.7 Å². The molecule has 0 spiro atoms. The molecule has 2 nitrogen and oxygen atoms in total. The van der Waals surface area contributed by atoms with Gasteiger partial charge in [0.15, 0.2) is 0 Å². The Morgan fingerprint density at radius 2 is 1.87 bits per heavy atom. The number of hydrogen-bond donors (Lipinski definition) is 1. The lowest BCUT2D eigenvalue weighted by atomic mass is 9.77. The third-order valence-corrected chi connectivity index (χ3v) is 4.16. The van der Waals surface area contributed by atoms with E-state index >= 15 is 0 Å². The van der Waals surface area contributed by atoms with E-state index in [0.29, 0.717) is 17.9 Å². The minimum absolute atomic E-state index is 0.0932. The second-order valence-corrected chi connectivity index (χ2v) is 5.67. The van der Waals surface area contributed by atoms with Crippen LogP contribution < -0.4 is 0 Å². The van der Waals surface area contributed by atoms with Crippen molar-refractivity contribution in [3.05, 3.63) is 0 Å². The molecule has 0 bridgehead atoms. The Kier molecular flexibility index (Phi) is 3.36. The van der Waals surface area contributed by atoms with E-state index in [1.165, 1.54) is 19.3 Å². The van der Waals surface area contributed by atoms with Crippen molar-refractivity contribution < 1.29 is 5.11 Å². The monoisotopic (exact) mass is 211 g/mol. The van der Waals surface area contributed by atoms with Crippen molar-refractivity contribution >= 4 is 0 Å². The van der Waals surface area contributed by atoms with Crippen LogP contribution >= 0.6 is 0 Å². The van der Waals surface area contributed by atoms with Crippen LogP contribution in [0.2, 0.25) is 0 Å². The highest BCUT2D eigenvalue weighted by Gasteiger charge is 2.41. The van der Waals surface area contributed by atoms with Crippen molar-refractivity contribution in [3.63, 3.8) is 0 Å². The molecule has 2 saturated carbocycles. The molecular weight excluding hydrogens is 186 g/mol. The molecule has 2 fully saturated rings. The molecule has 0 radical (unpaired) electrons. The molecule has 1 N–H and O–H groups in total. The first-order valence-corrected chi connectivity index (χ1v) is 6.57. The molecule has 0 aromatic heterocycles.